The molecule has 0 saturated heterocycles. The fraction of sp³-hybridized carbons (Fsp3) is 0.385. The van der Waals surface area contributed by atoms with Gasteiger partial charge in [0.15, 0.2) is 0 Å². The number of nitrogens with one attached hydrogen (secondary N) is 1. The molecule has 16 heavy (non-hydrogen) atoms. The Kier molecular flexibility index (Phi) is 3.87. The standard InChI is InChI=1S/C13H14BrNO/c1-2-3-7-15-12-6-8-16-13-5-4-10(14)9-11(12)13/h1,4-5,9,12,15H,3,6-8H2. The third kappa shape index (κ3) is 2.58. The van der Waals surface area contributed by atoms with Crippen molar-refractivity contribution in [3.05, 3.63) is 28.2 Å². The molecule has 0 bridgehead atoms. The molecular formula is C13H14BrNO. The highest BCUT2D eigenvalue weighted by Gasteiger charge is 2.20. The van der Waals surface area contributed by atoms with E-state index in [2.05, 4.69) is 33.2 Å². The van der Waals surface area contributed by atoms with E-state index in [1.54, 1.807) is 0 Å². The summed E-state index contributed by atoms with van der Waals surface area (Å²) < 4.78 is 6.70. The van der Waals surface area contributed by atoms with Crippen LogP contribution in [0.3, 0.4) is 0 Å². The summed E-state index contributed by atoms with van der Waals surface area (Å²) in [6.07, 6.45) is 7.00. The van der Waals surface area contributed by atoms with Crippen LogP contribution in [-0.4, -0.2) is 13.2 Å². The molecule has 0 aliphatic carbocycles. The number of halogens is 1. The first-order chi connectivity index (χ1) is 7.81. The van der Waals surface area contributed by atoms with E-state index < -0.39 is 0 Å². The van der Waals surface area contributed by atoms with Gasteiger partial charge in [-0.1, -0.05) is 15.9 Å². The second-order valence-corrected chi connectivity index (χ2v) is 4.70. The summed E-state index contributed by atoms with van der Waals surface area (Å²) in [5.74, 6) is 3.62. The summed E-state index contributed by atoms with van der Waals surface area (Å²) in [6, 6.07) is 6.48. The highest BCUT2D eigenvalue weighted by atomic mass is 79.9. The lowest BCUT2D eigenvalue weighted by Crippen LogP contribution is -2.27. The molecule has 0 aromatic heterocycles. The van der Waals surface area contributed by atoms with Crippen molar-refractivity contribution in [3.63, 3.8) is 0 Å². The van der Waals surface area contributed by atoms with Gasteiger partial charge < -0.3 is 10.1 Å². The molecule has 84 valence electrons. The van der Waals surface area contributed by atoms with Crippen molar-refractivity contribution >= 4 is 15.9 Å². The lowest BCUT2D eigenvalue weighted by Gasteiger charge is -2.26. The summed E-state index contributed by atoms with van der Waals surface area (Å²) in [6.45, 7) is 1.62. The van der Waals surface area contributed by atoms with Crippen molar-refractivity contribution in [1.29, 1.82) is 0 Å². The number of ether oxygens (including phenoxy) is 1. The SMILES string of the molecule is C#CCCNC1CCOc2ccc(Br)cc21. The van der Waals surface area contributed by atoms with Gasteiger partial charge in [-0.25, -0.2) is 0 Å². The fourth-order valence-electron chi connectivity index (χ4n) is 1.90. The number of rotatable bonds is 3. The predicted octanol–water partition coefficient (Wildman–Crippen LogP) is 2.89. The van der Waals surface area contributed by atoms with Crippen molar-refractivity contribution in [1.82, 2.24) is 5.32 Å². The van der Waals surface area contributed by atoms with Crippen LogP contribution in [-0.2, 0) is 0 Å². The Balaban J connectivity index is 2.12. The maximum absolute atomic E-state index is 5.61. The summed E-state index contributed by atoms with van der Waals surface area (Å²) in [4.78, 5) is 0. The van der Waals surface area contributed by atoms with Gasteiger partial charge in [-0.2, -0.15) is 0 Å². The fourth-order valence-corrected chi connectivity index (χ4v) is 2.27. The molecule has 2 nitrogen and oxygen atoms in total. The molecule has 0 spiro atoms. The van der Waals surface area contributed by atoms with E-state index in [1.807, 2.05) is 12.1 Å². The molecular weight excluding hydrogens is 266 g/mol. The molecule has 0 saturated carbocycles. The molecule has 1 aliphatic heterocycles. The Morgan fingerprint density at radius 2 is 2.44 bits per heavy atom. The second kappa shape index (κ2) is 5.38. The topological polar surface area (TPSA) is 21.3 Å². The second-order valence-electron chi connectivity index (χ2n) is 3.78. The van der Waals surface area contributed by atoms with E-state index in [0.29, 0.717) is 6.04 Å². The van der Waals surface area contributed by atoms with Crippen LogP contribution in [0.4, 0.5) is 0 Å². The van der Waals surface area contributed by atoms with Crippen LogP contribution >= 0.6 is 15.9 Å². The summed E-state index contributed by atoms with van der Waals surface area (Å²) in [5, 5.41) is 3.46. The molecule has 3 heteroatoms. The molecule has 1 heterocycles. The lowest BCUT2D eigenvalue weighted by molar-refractivity contribution is 0.253. The van der Waals surface area contributed by atoms with Gasteiger partial charge in [0, 0.05) is 35.5 Å². The first-order valence-electron chi connectivity index (χ1n) is 5.40. The number of hydrogen-bond acceptors (Lipinski definition) is 2. The largest absolute Gasteiger partial charge is 0.493 e. The summed E-state index contributed by atoms with van der Waals surface area (Å²) in [7, 11) is 0. The average Bonchev–Trinajstić information content (AvgIpc) is 2.30. The first kappa shape index (κ1) is 11.5. The van der Waals surface area contributed by atoms with Gasteiger partial charge in [0.2, 0.25) is 0 Å². The van der Waals surface area contributed by atoms with E-state index in [4.69, 9.17) is 11.2 Å². The van der Waals surface area contributed by atoms with E-state index >= 15 is 0 Å². The van der Waals surface area contributed by atoms with Crippen LogP contribution < -0.4 is 10.1 Å². The molecule has 0 amide bonds. The Bertz CT molecular complexity index is 411. The minimum absolute atomic E-state index is 0.356. The smallest absolute Gasteiger partial charge is 0.124 e. The number of benzene rings is 1. The van der Waals surface area contributed by atoms with E-state index in [0.717, 1.165) is 36.2 Å². The van der Waals surface area contributed by atoms with Crippen LogP contribution in [0.15, 0.2) is 22.7 Å². The van der Waals surface area contributed by atoms with Crippen molar-refractivity contribution < 1.29 is 4.74 Å². The highest BCUT2D eigenvalue weighted by Crippen LogP contribution is 2.33. The number of hydrogen-bond donors (Lipinski definition) is 1. The molecule has 0 fully saturated rings. The van der Waals surface area contributed by atoms with Crippen molar-refractivity contribution in [2.45, 2.75) is 18.9 Å². The summed E-state index contributed by atoms with van der Waals surface area (Å²) >= 11 is 3.48. The first-order valence-corrected chi connectivity index (χ1v) is 6.19. The third-order valence-electron chi connectivity index (χ3n) is 2.67. The van der Waals surface area contributed by atoms with Gasteiger partial charge in [0.25, 0.3) is 0 Å². The quantitative estimate of drug-likeness (QED) is 0.679. The average molecular weight is 280 g/mol. The Hall–Kier alpha value is -0.980. The molecule has 1 aromatic rings. The molecule has 2 rings (SSSR count). The van der Waals surface area contributed by atoms with Crippen LogP contribution in [0.5, 0.6) is 5.75 Å². The van der Waals surface area contributed by atoms with Crippen LogP contribution in [0.25, 0.3) is 0 Å². The van der Waals surface area contributed by atoms with Gasteiger partial charge in [-0.3, -0.25) is 0 Å². The molecule has 1 atom stereocenters. The van der Waals surface area contributed by atoms with E-state index in [-0.39, 0.29) is 0 Å². The predicted molar refractivity (Wildman–Crippen MR) is 68.4 cm³/mol. The maximum atomic E-state index is 5.61. The molecule has 1 aliphatic rings. The maximum Gasteiger partial charge on any atom is 0.124 e. The Labute approximate surface area is 105 Å². The number of fused-ring (bicyclic) bond motifs is 1. The van der Waals surface area contributed by atoms with E-state index in [1.165, 1.54) is 5.56 Å². The van der Waals surface area contributed by atoms with Crippen LogP contribution in [0.2, 0.25) is 0 Å². The Morgan fingerprint density at radius 1 is 1.56 bits per heavy atom. The minimum atomic E-state index is 0.356. The van der Waals surface area contributed by atoms with Gasteiger partial charge in [-0.15, -0.1) is 12.3 Å². The van der Waals surface area contributed by atoms with Gasteiger partial charge in [0.1, 0.15) is 5.75 Å². The summed E-state index contributed by atoms with van der Waals surface area (Å²) in [5.41, 5.74) is 1.22. The highest BCUT2D eigenvalue weighted by molar-refractivity contribution is 9.10. The normalized spacial score (nSPS) is 18.4. The molecule has 1 unspecified atom stereocenters. The van der Waals surface area contributed by atoms with Gasteiger partial charge in [-0.05, 0) is 18.2 Å². The van der Waals surface area contributed by atoms with E-state index in [9.17, 15) is 0 Å². The number of terminal acetylenes is 1. The van der Waals surface area contributed by atoms with Crippen molar-refractivity contribution in [2.75, 3.05) is 13.2 Å². The molecule has 0 radical (unpaired) electrons. The van der Waals surface area contributed by atoms with Gasteiger partial charge in [0.05, 0.1) is 6.61 Å². The zero-order chi connectivity index (χ0) is 11.4. The molecule has 1 N–H and O–H groups in total. The zero-order valence-electron chi connectivity index (χ0n) is 9.00. The van der Waals surface area contributed by atoms with Crippen molar-refractivity contribution in [2.24, 2.45) is 0 Å². The lowest BCUT2D eigenvalue weighted by atomic mass is 10.0. The monoisotopic (exact) mass is 279 g/mol. The zero-order valence-corrected chi connectivity index (χ0v) is 10.6. The van der Waals surface area contributed by atoms with Crippen LogP contribution in [0.1, 0.15) is 24.4 Å². The van der Waals surface area contributed by atoms with Gasteiger partial charge >= 0.3 is 0 Å². The van der Waals surface area contributed by atoms with Crippen LogP contribution in [0, 0.1) is 12.3 Å². The van der Waals surface area contributed by atoms with Crippen molar-refractivity contribution in [3.8, 4) is 18.1 Å². The minimum Gasteiger partial charge on any atom is -0.493 e. The molecule has 1 aromatic carbocycles. The third-order valence-corrected chi connectivity index (χ3v) is 3.16. The Morgan fingerprint density at radius 3 is 3.25 bits per heavy atom.